The molecule has 0 aromatic heterocycles. The van der Waals surface area contributed by atoms with Gasteiger partial charge >= 0.3 is 0 Å². The number of benzene rings is 3. The van der Waals surface area contributed by atoms with E-state index in [1.54, 1.807) is 0 Å². The highest BCUT2D eigenvalue weighted by Crippen LogP contribution is 2.36. The average Bonchev–Trinajstić information content (AvgIpc) is 2.73. The largest absolute Gasteiger partial charge is 0.488 e. The zero-order chi connectivity index (χ0) is 19.1. The van der Waals surface area contributed by atoms with Crippen LogP contribution in [0.2, 0.25) is 0 Å². The molecule has 0 unspecified atom stereocenters. The fourth-order valence-corrected chi connectivity index (χ4v) is 3.31. The summed E-state index contributed by atoms with van der Waals surface area (Å²) in [6.07, 6.45) is 2.24. The van der Waals surface area contributed by atoms with E-state index in [0.29, 0.717) is 13.0 Å². The predicted molar refractivity (Wildman–Crippen MR) is 111 cm³/mol. The number of carbonyl (C=O) groups is 1. The van der Waals surface area contributed by atoms with Gasteiger partial charge in [-0.3, -0.25) is 0 Å². The van der Waals surface area contributed by atoms with Gasteiger partial charge in [-0.15, -0.1) is 0 Å². The Balaban J connectivity index is 2.00. The number of anilines is 1. The maximum atomic E-state index is 11.1. The molecule has 0 aliphatic rings. The van der Waals surface area contributed by atoms with Crippen molar-refractivity contribution in [3.05, 3.63) is 83.4 Å². The topological polar surface area (TPSA) is 38.3 Å². The van der Waals surface area contributed by atoms with Crippen LogP contribution in [0.15, 0.2) is 66.7 Å². The van der Waals surface area contributed by atoms with E-state index < -0.39 is 0 Å². The Bertz CT molecular complexity index is 904. The molecule has 3 aromatic rings. The molecule has 3 aromatic carbocycles. The van der Waals surface area contributed by atoms with E-state index in [2.05, 4.69) is 42.6 Å². The van der Waals surface area contributed by atoms with Gasteiger partial charge < -0.3 is 14.8 Å². The first-order valence-corrected chi connectivity index (χ1v) is 9.30. The van der Waals surface area contributed by atoms with Crippen molar-refractivity contribution in [1.82, 2.24) is 0 Å². The molecule has 0 aliphatic carbocycles. The summed E-state index contributed by atoms with van der Waals surface area (Å²) in [6.45, 7) is 2.67. The smallest absolute Gasteiger partial charge is 0.127 e. The molecule has 0 saturated heterocycles. The van der Waals surface area contributed by atoms with Crippen molar-refractivity contribution in [2.24, 2.45) is 0 Å². The summed E-state index contributed by atoms with van der Waals surface area (Å²) < 4.78 is 6.19. The molecule has 0 fully saturated rings. The highest BCUT2D eigenvalue weighted by atomic mass is 16.5. The number of hydrogen-bond acceptors (Lipinski definition) is 3. The van der Waals surface area contributed by atoms with Crippen LogP contribution < -0.4 is 10.1 Å². The van der Waals surface area contributed by atoms with Crippen molar-refractivity contribution < 1.29 is 9.53 Å². The summed E-state index contributed by atoms with van der Waals surface area (Å²) in [5.74, 6) is 0.868. The summed E-state index contributed by atoms with van der Waals surface area (Å²) in [5, 5.41) is 3.16. The molecular formula is C24H25NO2. The van der Waals surface area contributed by atoms with Gasteiger partial charge in [-0.25, -0.2) is 0 Å². The molecule has 0 aliphatic heterocycles. The molecule has 0 bridgehead atoms. The van der Waals surface area contributed by atoms with Gasteiger partial charge in [0.05, 0.1) is 0 Å². The van der Waals surface area contributed by atoms with E-state index >= 15 is 0 Å². The van der Waals surface area contributed by atoms with E-state index in [4.69, 9.17) is 4.74 Å². The predicted octanol–water partition coefficient (Wildman–Crippen LogP) is 5.28. The first-order chi connectivity index (χ1) is 13.3. The van der Waals surface area contributed by atoms with Gasteiger partial charge in [0.25, 0.3) is 0 Å². The fraction of sp³-hybridized carbons (Fsp3) is 0.208. The zero-order valence-electron chi connectivity index (χ0n) is 15.9. The van der Waals surface area contributed by atoms with Gasteiger partial charge in [0.2, 0.25) is 0 Å². The first-order valence-electron chi connectivity index (χ1n) is 9.30. The van der Waals surface area contributed by atoms with E-state index in [0.717, 1.165) is 46.4 Å². The third kappa shape index (κ3) is 4.37. The minimum atomic E-state index is 0.387. The van der Waals surface area contributed by atoms with Crippen molar-refractivity contribution in [1.29, 1.82) is 0 Å². The maximum absolute atomic E-state index is 11.1. The van der Waals surface area contributed by atoms with E-state index in [1.807, 2.05) is 43.4 Å². The van der Waals surface area contributed by atoms with Gasteiger partial charge in [0, 0.05) is 24.7 Å². The lowest BCUT2D eigenvalue weighted by atomic mass is 9.94. The average molecular weight is 359 g/mol. The summed E-state index contributed by atoms with van der Waals surface area (Å²) in [7, 11) is 1.87. The molecular weight excluding hydrogens is 334 g/mol. The molecule has 0 saturated carbocycles. The molecule has 0 heterocycles. The van der Waals surface area contributed by atoms with Gasteiger partial charge in [-0.1, -0.05) is 55.5 Å². The van der Waals surface area contributed by atoms with Crippen LogP contribution in [0.1, 0.15) is 23.6 Å². The van der Waals surface area contributed by atoms with E-state index in [9.17, 15) is 4.79 Å². The van der Waals surface area contributed by atoms with Crippen molar-refractivity contribution in [3.8, 4) is 16.9 Å². The van der Waals surface area contributed by atoms with Crippen LogP contribution in [0.25, 0.3) is 11.1 Å². The molecule has 3 rings (SSSR count). The summed E-state index contributed by atoms with van der Waals surface area (Å²) in [6, 6.07) is 22.6. The monoisotopic (exact) mass is 359 g/mol. The van der Waals surface area contributed by atoms with E-state index in [1.165, 1.54) is 5.56 Å². The van der Waals surface area contributed by atoms with Crippen LogP contribution in [-0.2, 0) is 24.2 Å². The molecule has 0 atom stereocenters. The molecule has 0 spiro atoms. The Morgan fingerprint density at radius 3 is 2.48 bits per heavy atom. The van der Waals surface area contributed by atoms with Crippen molar-refractivity contribution >= 4 is 12.0 Å². The standard InChI is InChI=1S/C24H25NO2/c1-3-19-10-7-11-23(27-17-18-8-5-4-6-9-18)24(19)21-12-13-22(25-2)20(16-21)14-15-26/h4-13,15-16,25H,3,14,17H2,1-2H3. The number of aryl methyl sites for hydroxylation is 1. The second kappa shape index (κ2) is 9.04. The second-order valence-corrected chi connectivity index (χ2v) is 6.41. The third-order valence-corrected chi connectivity index (χ3v) is 4.70. The molecule has 138 valence electrons. The SMILES string of the molecule is CCc1cccc(OCc2ccccc2)c1-c1ccc(NC)c(CC=O)c1. The summed E-state index contributed by atoms with van der Waals surface area (Å²) in [5.41, 5.74) is 6.51. The van der Waals surface area contributed by atoms with Gasteiger partial charge in [0.15, 0.2) is 0 Å². The Kier molecular flexibility index (Phi) is 6.26. The lowest BCUT2D eigenvalue weighted by molar-refractivity contribution is -0.107. The van der Waals surface area contributed by atoms with Crippen LogP contribution in [0.5, 0.6) is 5.75 Å². The summed E-state index contributed by atoms with van der Waals surface area (Å²) >= 11 is 0. The second-order valence-electron chi connectivity index (χ2n) is 6.41. The number of ether oxygens (including phenoxy) is 1. The van der Waals surface area contributed by atoms with E-state index in [-0.39, 0.29) is 0 Å². The minimum absolute atomic E-state index is 0.387. The molecule has 1 N–H and O–H groups in total. The third-order valence-electron chi connectivity index (χ3n) is 4.70. The highest BCUT2D eigenvalue weighted by molar-refractivity contribution is 5.77. The first kappa shape index (κ1) is 18.7. The Morgan fingerprint density at radius 1 is 0.963 bits per heavy atom. The molecule has 3 nitrogen and oxygen atoms in total. The van der Waals surface area contributed by atoms with Gasteiger partial charge in [-0.2, -0.15) is 0 Å². The Hall–Kier alpha value is -3.07. The lowest BCUT2D eigenvalue weighted by Gasteiger charge is -2.17. The molecule has 0 amide bonds. The van der Waals surface area contributed by atoms with Crippen molar-refractivity contribution in [2.45, 2.75) is 26.4 Å². The van der Waals surface area contributed by atoms with Crippen LogP contribution in [0, 0.1) is 0 Å². The molecule has 3 heteroatoms. The maximum Gasteiger partial charge on any atom is 0.127 e. The van der Waals surface area contributed by atoms with Gasteiger partial charge in [-0.05, 0) is 46.9 Å². The molecule has 27 heavy (non-hydrogen) atoms. The lowest BCUT2D eigenvalue weighted by Crippen LogP contribution is -2.01. The van der Waals surface area contributed by atoms with Crippen molar-refractivity contribution in [3.63, 3.8) is 0 Å². The van der Waals surface area contributed by atoms with Crippen LogP contribution >= 0.6 is 0 Å². The number of aldehydes is 1. The Labute approximate surface area is 161 Å². The Morgan fingerprint density at radius 2 is 1.78 bits per heavy atom. The quantitative estimate of drug-likeness (QED) is 0.556. The van der Waals surface area contributed by atoms with Crippen LogP contribution in [0.3, 0.4) is 0 Å². The van der Waals surface area contributed by atoms with Crippen LogP contribution in [-0.4, -0.2) is 13.3 Å². The van der Waals surface area contributed by atoms with Crippen LogP contribution in [0.4, 0.5) is 5.69 Å². The number of nitrogens with one attached hydrogen (secondary N) is 1. The fourth-order valence-electron chi connectivity index (χ4n) is 3.31. The van der Waals surface area contributed by atoms with Crippen molar-refractivity contribution in [2.75, 3.05) is 12.4 Å². The number of rotatable bonds is 8. The highest BCUT2D eigenvalue weighted by Gasteiger charge is 2.13. The van der Waals surface area contributed by atoms with Gasteiger partial charge in [0.1, 0.15) is 18.6 Å². The normalized spacial score (nSPS) is 10.4. The number of carbonyl (C=O) groups excluding carboxylic acids is 1. The number of hydrogen-bond donors (Lipinski definition) is 1. The minimum Gasteiger partial charge on any atom is -0.488 e. The summed E-state index contributed by atoms with van der Waals surface area (Å²) in [4.78, 5) is 11.1. The molecule has 0 radical (unpaired) electrons. The zero-order valence-corrected chi connectivity index (χ0v) is 15.9.